The maximum Gasteiger partial charge on any atom is 0.159 e. The predicted molar refractivity (Wildman–Crippen MR) is 98.0 cm³/mol. The van der Waals surface area contributed by atoms with Crippen LogP contribution in [0.15, 0.2) is 23.2 Å². The molecule has 4 N–H and O–H groups in total. The van der Waals surface area contributed by atoms with Crippen molar-refractivity contribution in [2.75, 3.05) is 6.61 Å². The number of fused-ring (bicyclic) bond motifs is 1. The zero-order valence-corrected chi connectivity index (χ0v) is 15.0. The summed E-state index contributed by atoms with van der Waals surface area (Å²) in [6, 6.07) is 3.53. The van der Waals surface area contributed by atoms with Gasteiger partial charge in [-0.3, -0.25) is 5.41 Å². The van der Waals surface area contributed by atoms with Gasteiger partial charge in [0.15, 0.2) is 5.17 Å². The average molecular weight is 370 g/mol. The fourth-order valence-corrected chi connectivity index (χ4v) is 4.86. The molecule has 128 valence electrons. The lowest BCUT2D eigenvalue weighted by molar-refractivity contribution is -0.0288. The van der Waals surface area contributed by atoms with E-state index in [2.05, 4.69) is 14.5 Å². The number of aliphatic imine (C=N–C) groups is 1. The smallest absolute Gasteiger partial charge is 0.159 e. The lowest BCUT2D eigenvalue weighted by Crippen LogP contribution is -2.55. The van der Waals surface area contributed by atoms with Crippen LogP contribution in [0.3, 0.4) is 0 Å². The van der Waals surface area contributed by atoms with Gasteiger partial charge in [-0.25, -0.2) is 13.8 Å². The fourth-order valence-electron chi connectivity index (χ4n) is 3.45. The Morgan fingerprint density at radius 3 is 2.92 bits per heavy atom. The Balaban J connectivity index is 2.12. The molecule has 0 amide bonds. The molecule has 1 unspecified atom stereocenters. The summed E-state index contributed by atoms with van der Waals surface area (Å²) >= 11 is 1.54. The van der Waals surface area contributed by atoms with Gasteiger partial charge in [0.1, 0.15) is 37.0 Å². The molecule has 0 bridgehead atoms. The van der Waals surface area contributed by atoms with Gasteiger partial charge in [-0.15, -0.1) is 0 Å². The van der Waals surface area contributed by atoms with Crippen LogP contribution >= 0.6 is 21.2 Å². The Kier molecular flexibility index (Phi) is 4.86. The molecule has 1 aromatic carbocycles. The Morgan fingerprint density at radius 2 is 2.29 bits per heavy atom. The molecule has 1 fully saturated rings. The van der Waals surface area contributed by atoms with Crippen LogP contribution in [0, 0.1) is 23.0 Å². The first-order valence-electron chi connectivity index (χ1n) is 7.51. The maximum absolute atomic E-state index is 14.6. The minimum absolute atomic E-state index is 0.0423. The van der Waals surface area contributed by atoms with Gasteiger partial charge in [0.05, 0.1) is 6.61 Å². The van der Waals surface area contributed by atoms with E-state index in [-0.39, 0.29) is 23.5 Å². The highest BCUT2D eigenvalue weighted by Gasteiger charge is 2.52. The lowest BCUT2D eigenvalue weighted by Gasteiger charge is -2.49. The normalized spacial score (nSPS) is 32.6. The number of nitrogens with two attached hydrogens (primary N) is 1. The van der Waals surface area contributed by atoms with Gasteiger partial charge in [-0.05, 0) is 32.9 Å². The highest BCUT2D eigenvalue weighted by Crippen LogP contribution is 2.49. The van der Waals surface area contributed by atoms with E-state index in [9.17, 15) is 8.78 Å². The number of ether oxygens (including phenoxy) is 1. The topological polar surface area (TPSA) is 83.5 Å². The molecule has 2 aliphatic rings. The first kappa shape index (κ1) is 17.6. The van der Waals surface area contributed by atoms with Crippen molar-refractivity contribution in [2.45, 2.75) is 23.2 Å². The first-order valence-corrected chi connectivity index (χ1v) is 8.97. The van der Waals surface area contributed by atoms with Crippen LogP contribution < -0.4 is 10.8 Å². The molecule has 0 aliphatic carbocycles. The van der Waals surface area contributed by atoms with Crippen molar-refractivity contribution in [2.24, 2.45) is 16.6 Å². The zero-order valence-electron chi connectivity index (χ0n) is 13.1. The van der Waals surface area contributed by atoms with Crippen LogP contribution in [0.4, 0.5) is 8.78 Å². The third kappa shape index (κ3) is 2.93. The van der Waals surface area contributed by atoms with Crippen LogP contribution in [-0.2, 0) is 10.3 Å². The van der Waals surface area contributed by atoms with Crippen molar-refractivity contribution in [3.05, 3.63) is 35.4 Å². The summed E-state index contributed by atoms with van der Waals surface area (Å²) in [7, 11) is 4.42. The molecular formula is C14H18BF2N4OPS. The van der Waals surface area contributed by atoms with Gasteiger partial charge in [-0.2, -0.15) is 0 Å². The van der Waals surface area contributed by atoms with Gasteiger partial charge >= 0.3 is 0 Å². The third-order valence-electron chi connectivity index (χ3n) is 4.62. The number of halogens is 2. The molecule has 5 nitrogen and oxygen atoms in total. The molecule has 0 spiro atoms. The van der Waals surface area contributed by atoms with Crippen LogP contribution in [0.2, 0.25) is 0 Å². The van der Waals surface area contributed by atoms with Crippen molar-refractivity contribution in [3.63, 3.8) is 0 Å². The highest BCUT2D eigenvalue weighted by atomic mass is 32.2. The maximum atomic E-state index is 14.6. The van der Waals surface area contributed by atoms with Gasteiger partial charge < -0.3 is 15.6 Å². The zero-order chi connectivity index (χ0) is 17.5. The predicted octanol–water partition coefficient (Wildman–Crippen LogP) is 0.943. The molecule has 0 radical (unpaired) electrons. The number of amidine groups is 2. The van der Waals surface area contributed by atoms with E-state index in [0.29, 0.717) is 17.2 Å². The van der Waals surface area contributed by atoms with Crippen molar-refractivity contribution in [3.8, 4) is 0 Å². The number of benzene rings is 1. The van der Waals surface area contributed by atoms with E-state index >= 15 is 0 Å². The summed E-state index contributed by atoms with van der Waals surface area (Å²) in [5.41, 5.74) is 4.94. The SMILES string of the molecule is B[C@H]1SC(NP)=N[C@@]2(c3ccc(F)cc3F)CO[C@@H](C(=N)N)C[C@@H]12. The summed E-state index contributed by atoms with van der Waals surface area (Å²) in [6.45, 7) is 0.0885. The number of nitrogens with zero attached hydrogens (tertiary/aromatic N) is 1. The molecule has 1 aromatic rings. The van der Waals surface area contributed by atoms with E-state index in [4.69, 9.17) is 20.9 Å². The number of rotatable bonds is 2. The molecular weight excluding hydrogens is 352 g/mol. The van der Waals surface area contributed by atoms with Crippen molar-refractivity contribution >= 4 is 40.0 Å². The van der Waals surface area contributed by atoms with Crippen LogP contribution in [-0.4, -0.2) is 36.7 Å². The molecule has 1 saturated heterocycles. The van der Waals surface area contributed by atoms with Crippen molar-refractivity contribution < 1.29 is 13.5 Å². The summed E-state index contributed by atoms with van der Waals surface area (Å²) in [5.74, 6) is -1.41. The number of thioether (sulfide) groups is 1. The fraction of sp³-hybridized carbons (Fsp3) is 0.429. The number of hydrogen-bond donors (Lipinski definition) is 3. The molecule has 10 heteroatoms. The first-order chi connectivity index (χ1) is 11.4. The third-order valence-corrected chi connectivity index (χ3v) is 6.23. The second-order valence-electron chi connectivity index (χ2n) is 6.03. The van der Waals surface area contributed by atoms with Crippen molar-refractivity contribution in [1.29, 1.82) is 5.41 Å². The monoisotopic (exact) mass is 370 g/mol. The summed E-state index contributed by atoms with van der Waals surface area (Å²) in [4.78, 5) is 4.71. The lowest BCUT2D eigenvalue weighted by atomic mass is 9.68. The van der Waals surface area contributed by atoms with Gasteiger partial charge in [0, 0.05) is 11.6 Å². The Hall–Kier alpha value is -1.18. The summed E-state index contributed by atoms with van der Waals surface area (Å²) in [5, 5.41) is 11.3. The van der Waals surface area contributed by atoms with E-state index < -0.39 is 23.3 Å². The molecule has 5 atom stereocenters. The molecule has 24 heavy (non-hydrogen) atoms. The largest absolute Gasteiger partial charge is 0.385 e. The minimum Gasteiger partial charge on any atom is -0.385 e. The quantitative estimate of drug-likeness (QED) is 0.313. The second kappa shape index (κ2) is 6.62. The van der Waals surface area contributed by atoms with Gasteiger partial charge in [0.25, 0.3) is 0 Å². The van der Waals surface area contributed by atoms with E-state index in [1.807, 2.05) is 7.85 Å². The molecule has 0 aromatic heterocycles. The summed E-state index contributed by atoms with van der Waals surface area (Å²) in [6.07, 6.45) is -0.0380. The summed E-state index contributed by atoms with van der Waals surface area (Å²) < 4.78 is 33.6. The van der Waals surface area contributed by atoms with E-state index in [1.165, 1.54) is 12.1 Å². The highest BCUT2D eigenvalue weighted by molar-refractivity contribution is 8.15. The van der Waals surface area contributed by atoms with Gasteiger partial charge in [-0.1, -0.05) is 17.8 Å². The average Bonchev–Trinajstić information content (AvgIpc) is 2.53. The molecule has 2 heterocycles. The van der Waals surface area contributed by atoms with Crippen LogP contribution in [0.1, 0.15) is 12.0 Å². The van der Waals surface area contributed by atoms with Crippen LogP contribution in [0.5, 0.6) is 0 Å². The second-order valence-corrected chi connectivity index (χ2v) is 7.68. The van der Waals surface area contributed by atoms with Crippen LogP contribution in [0.25, 0.3) is 0 Å². The Labute approximate surface area is 146 Å². The molecule has 3 rings (SSSR count). The van der Waals surface area contributed by atoms with E-state index in [0.717, 1.165) is 6.07 Å². The standard InChI is InChI=1S/C14H18BF2N4OPS/c15-11-8-4-10(12(18)19)22-5-14(8,20-13(21-23)24-11)7-2-1-6(16)3-9(7)17/h1-3,8,10-11H,4-5,15,23H2,(H3,18,19)(H,20,21)/t8-,10+,11-,14+/m0/s1. The van der Waals surface area contributed by atoms with Gasteiger partial charge in [0.2, 0.25) is 0 Å². The molecule has 0 saturated carbocycles. The minimum atomic E-state index is -0.965. The number of nitrogens with one attached hydrogen (secondary N) is 2. The Morgan fingerprint density at radius 1 is 1.54 bits per heavy atom. The molecule has 2 aliphatic heterocycles. The Bertz CT molecular complexity index is 709. The van der Waals surface area contributed by atoms with Crippen molar-refractivity contribution in [1.82, 2.24) is 5.09 Å². The number of hydrogen-bond acceptors (Lipinski definition) is 5. The van der Waals surface area contributed by atoms with E-state index in [1.54, 1.807) is 11.8 Å².